The van der Waals surface area contributed by atoms with E-state index in [0.29, 0.717) is 24.3 Å². The lowest BCUT2D eigenvalue weighted by molar-refractivity contribution is -0.142. The number of carbonyl (C=O) groups is 4. The summed E-state index contributed by atoms with van der Waals surface area (Å²) in [5.74, 6) is -2.50. The lowest BCUT2D eigenvalue weighted by Gasteiger charge is -2.28. The van der Waals surface area contributed by atoms with Crippen LogP contribution in [0.4, 0.5) is 0 Å². The molecule has 0 radical (unpaired) electrons. The second-order valence-electron chi connectivity index (χ2n) is 9.19. The van der Waals surface area contributed by atoms with Crippen LogP contribution in [0.15, 0.2) is 42.9 Å². The quantitative estimate of drug-likeness (QED) is 0.179. The van der Waals surface area contributed by atoms with Crippen molar-refractivity contribution in [2.75, 3.05) is 12.0 Å². The number of hydrogen-bond acceptors (Lipinski definition) is 7. The molecule has 0 aliphatic carbocycles. The molecule has 1 aromatic heterocycles. The molecule has 38 heavy (non-hydrogen) atoms. The van der Waals surface area contributed by atoms with Crippen molar-refractivity contribution in [2.24, 2.45) is 11.7 Å². The zero-order valence-corrected chi connectivity index (χ0v) is 22.8. The third kappa shape index (κ3) is 9.82. The monoisotopic (exact) mass is 546 g/mol. The first kappa shape index (κ1) is 30.8. The summed E-state index contributed by atoms with van der Waals surface area (Å²) < 4.78 is 0. The van der Waals surface area contributed by atoms with Crippen molar-refractivity contribution in [3.63, 3.8) is 0 Å². The Morgan fingerprint density at radius 3 is 2.29 bits per heavy atom. The van der Waals surface area contributed by atoms with Crippen LogP contribution in [0.3, 0.4) is 0 Å². The summed E-state index contributed by atoms with van der Waals surface area (Å²) in [6.07, 6.45) is 6.16. The largest absolute Gasteiger partial charge is 0.480 e. The second kappa shape index (κ2) is 15.8. The van der Waals surface area contributed by atoms with Crippen LogP contribution in [0.2, 0.25) is 0 Å². The number of H-pyrrole nitrogens is 1. The van der Waals surface area contributed by atoms with Crippen LogP contribution in [-0.2, 0) is 32.0 Å². The van der Waals surface area contributed by atoms with Gasteiger partial charge in [-0.3, -0.25) is 14.4 Å². The smallest absolute Gasteiger partial charge is 0.326 e. The lowest BCUT2D eigenvalue weighted by Crippen LogP contribution is -2.59. The Bertz CT molecular complexity index is 1040. The summed E-state index contributed by atoms with van der Waals surface area (Å²) in [5.41, 5.74) is 7.48. The van der Waals surface area contributed by atoms with Crippen LogP contribution in [-0.4, -0.2) is 74.9 Å². The summed E-state index contributed by atoms with van der Waals surface area (Å²) >= 11 is 1.51. The highest BCUT2D eigenvalue weighted by atomic mass is 32.2. The lowest BCUT2D eigenvalue weighted by atomic mass is 9.96. The van der Waals surface area contributed by atoms with Crippen LogP contribution in [0.5, 0.6) is 0 Å². The topological polar surface area (TPSA) is 179 Å². The number of nitrogens with two attached hydrogens (primary N) is 1. The Morgan fingerprint density at radius 1 is 1.03 bits per heavy atom. The minimum Gasteiger partial charge on any atom is -0.480 e. The molecule has 0 saturated heterocycles. The number of imidazole rings is 1. The zero-order chi connectivity index (χ0) is 28.1. The maximum absolute atomic E-state index is 13.3. The fourth-order valence-corrected chi connectivity index (χ4v) is 4.25. The molecule has 2 aromatic rings. The Kier molecular flexibility index (Phi) is 12.8. The van der Waals surface area contributed by atoms with Gasteiger partial charge in [0, 0.05) is 24.7 Å². The Hall–Kier alpha value is -3.38. The number of carboxylic acid groups (broad SMARTS) is 1. The maximum Gasteiger partial charge on any atom is 0.326 e. The van der Waals surface area contributed by atoms with E-state index in [0.717, 1.165) is 5.56 Å². The molecule has 208 valence electrons. The number of amides is 3. The Labute approximate surface area is 227 Å². The number of nitrogens with zero attached hydrogens (tertiary/aromatic N) is 1. The standard InChI is InChI=1S/C26H38N6O5S/c1-4-16(2)22(25(35)31-21(26(36)37)12-17-8-6-5-7-9-17)32-24(34)20(10-11-38-3)30-23(33)19(27)13-18-14-28-15-29-18/h5-9,14-16,19-22H,4,10-13,27H2,1-3H3,(H,28,29)(H,30,33)(H,31,35)(H,32,34)(H,36,37). The third-order valence-corrected chi connectivity index (χ3v) is 6.91. The highest BCUT2D eigenvalue weighted by Crippen LogP contribution is 2.12. The van der Waals surface area contributed by atoms with Crippen molar-refractivity contribution >= 4 is 35.5 Å². The summed E-state index contributed by atoms with van der Waals surface area (Å²) in [5, 5.41) is 17.7. The van der Waals surface area contributed by atoms with E-state index in [1.54, 1.807) is 37.4 Å². The minimum atomic E-state index is -1.17. The summed E-state index contributed by atoms with van der Waals surface area (Å²) in [6.45, 7) is 3.67. The molecule has 2 rings (SSSR count). The van der Waals surface area contributed by atoms with Crippen LogP contribution < -0.4 is 21.7 Å². The minimum absolute atomic E-state index is 0.101. The van der Waals surface area contributed by atoms with Crippen LogP contribution in [0.25, 0.3) is 0 Å². The molecule has 11 nitrogen and oxygen atoms in total. The summed E-state index contributed by atoms with van der Waals surface area (Å²) in [4.78, 5) is 57.9. The maximum atomic E-state index is 13.3. The number of benzene rings is 1. The van der Waals surface area contributed by atoms with E-state index in [1.165, 1.54) is 18.1 Å². The fourth-order valence-electron chi connectivity index (χ4n) is 3.78. The molecule has 5 unspecified atom stereocenters. The molecule has 1 aromatic carbocycles. The van der Waals surface area contributed by atoms with E-state index in [-0.39, 0.29) is 18.8 Å². The fraction of sp³-hybridized carbons (Fsp3) is 0.500. The molecule has 0 fully saturated rings. The highest BCUT2D eigenvalue weighted by molar-refractivity contribution is 7.98. The number of aromatic nitrogens is 2. The Morgan fingerprint density at radius 2 is 1.71 bits per heavy atom. The van der Waals surface area contributed by atoms with Gasteiger partial charge in [-0.2, -0.15) is 11.8 Å². The van der Waals surface area contributed by atoms with Crippen LogP contribution in [0, 0.1) is 5.92 Å². The van der Waals surface area contributed by atoms with E-state index >= 15 is 0 Å². The number of thioether (sulfide) groups is 1. The van der Waals surface area contributed by atoms with Gasteiger partial charge in [0.2, 0.25) is 17.7 Å². The number of carboxylic acids is 1. The molecule has 1 heterocycles. The Balaban J connectivity index is 2.11. The summed E-state index contributed by atoms with van der Waals surface area (Å²) in [7, 11) is 0. The number of carbonyl (C=O) groups excluding carboxylic acids is 3. The van der Waals surface area contributed by atoms with Gasteiger partial charge >= 0.3 is 5.97 Å². The second-order valence-corrected chi connectivity index (χ2v) is 10.2. The van der Waals surface area contributed by atoms with Gasteiger partial charge in [0.15, 0.2) is 0 Å². The van der Waals surface area contributed by atoms with E-state index < -0.39 is 47.9 Å². The zero-order valence-electron chi connectivity index (χ0n) is 22.0. The van der Waals surface area contributed by atoms with Gasteiger partial charge < -0.3 is 31.8 Å². The molecule has 0 spiro atoms. The van der Waals surface area contributed by atoms with Crippen molar-refractivity contribution in [1.82, 2.24) is 25.9 Å². The molecule has 0 bridgehead atoms. The number of aromatic amines is 1. The van der Waals surface area contributed by atoms with Gasteiger partial charge in [-0.1, -0.05) is 50.6 Å². The van der Waals surface area contributed by atoms with Crippen molar-refractivity contribution in [2.45, 2.75) is 63.7 Å². The van der Waals surface area contributed by atoms with Crippen LogP contribution in [0.1, 0.15) is 37.9 Å². The molecule has 0 aliphatic rings. The van der Waals surface area contributed by atoms with Gasteiger partial charge in [0.05, 0.1) is 12.4 Å². The van der Waals surface area contributed by atoms with Gasteiger partial charge in [-0.25, -0.2) is 9.78 Å². The van der Waals surface area contributed by atoms with Gasteiger partial charge in [0.25, 0.3) is 0 Å². The van der Waals surface area contributed by atoms with E-state index in [4.69, 9.17) is 5.73 Å². The van der Waals surface area contributed by atoms with Crippen molar-refractivity contribution < 1.29 is 24.3 Å². The van der Waals surface area contributed by atoms with Crippen molar-refractivity contribution in [3.8, 4) is 0 Å². The van der Waals surface area contributed by atoms with Crippen molar-refractivity contribution in [3.05, 3.63) is 54.1 Å². The predicted molar refractivity (Wildman–Crippen MR) is 146 cm³/mol. The molecular weight excluding hydrogens is 508 g/mol. The average Bonchev–Trinajstić information content (AvgIpc) is 3.41. The number of aliphatic carboxylic acids is 1. The first-order valence-corrected chi connectivity index (χ1v) is 13.9. The molecule has 7 N–H and O–H groups in total. The molecule has 0 saturated carbocycles. The SMILES string of the molecule is CCC(C)C(NC(=O)C(CCSC)NC(=O)C(N)Cc1cnc[nH]1)C(=O)NC(Cc1ccccc1)C(=O)O. The van der Waals surface area contributed by atoms with Gasteiger partial charge in [-0.05, 0) is 29.9 Å². The first-order valence-electron chi connectivity index (χ1n) is 12.6. The third-order valence-electron chi connectivity index (χ3n) is 6.27. The normalized spacial score (nSPS) is 14.9. The molecule has 5 atom stereocenters. The highest BCUT2D eigenvalue weighted by Gasteiger charge is 2.32. The predicted octanol–water partition coefficient (Wildman–Crippen LogP) is 0.860. The average molecular weight is 547 g/mol. The molecule has 12 heteroatoms. The van der Waals surface area contributed by atoms with Gasteiger partial charge in [-0.15, -0.1) is 0 Å². The van der Waals surface area contributed by atoms with Crippen molar-refractivity contribution in [1.29, 1.82) is 0 Å². The van der Waals surface area contributed by atoms with Crippen LogP contribution >= 0.6 is 11.8 Å². The summed E-state index contributed by atoms with van der Waals surface area (Å²) in [6, 6.07) is 5.01. The molecule has 0 aliphatic heterocycles. The number of hydrogen-bond donors (Lipinski definition) is 6. The van der Waals surface area contributed by atoms with E-state index in [2.05, 4.69) is 25.9 Å². The van der Waals surface area contributed by atoms with Gasteiger partial charge in [0.1, 0.15) is 18.1 Å². The first-order chi connectivity index (χ1) is 18.2. The molecular formula is C26H38N6O5S. The number of nitrogens with one attached hydrogen (secondary N) is 4. The number of rotatable bonds is 16. The van der Waals surface area contributed by atoms with E-state index in [9.17, 15) is 24.3 Å². The van der Waals surface area contributed by atoms with E-state index in [1.807, 2.05) is 19.2 Å². The molecule has 3 amide bonds.